The number of nitrogens with zero attached hydrogens (tertiary/aromatic N) is 1. The Bertz CT molecular complexity index is 684. The summed E-state index contributed by atoms with van der Waals surface area (Å²) in [4.78, 5) is 13.7. The van der Waals surface area contributed by atoms with Gasteiger partial charge < -0.3 is 14.7 Å². The molecule has 0 aliphatic carbocycles. The third-order valence-corrected chi connectivity index (χ3v) is 4.12. The Labute approximate surface area is 130 Å². The van der Waals surface area contributed by atoms with Crippen LogP contribution in [0.2, 0.25) is 0 Å². The van der Waals surface area contributed by atoms with Gasteiger partial charge in [-0.05, 0) is 36.2 Å². The van der Waals surface area contributed by atoms with Crippen LogP contribution in [0.5, 0.6) is 5.75 Å². The summed E-state index contributed by atoms with van der Waals surface area (Å²) < 4.78 is 5.58. The minimum absolute atomic E-state index is 0.0853. The maximum atomic E-state index is 12.0. The van der Waals surface area contributed by atoms with Gasteiger partial charge in [0.1, 0.15) is 18.5 Å². The number of ether oxygens (including phenoxy) is 1. The first kappa shape index (κ1) is 14.6. The Hall–Kier alpha value is -2.33. The first-order valence-corrected chi connectivity index (χ1v) is 7.35. The fourth-order valence-electron chi connectivity index (χ4n) is 2.76. The van der Waals surface area contributed by atoms with Gasteiger partial charge >= 0.3 is 0 Å². The van der Waals surface area contributed by atoms with Crippen LogP contribution in [-0.4, -0.2) is 24.7 Å². The zero-order chi connectivity index (χ0) is 15.7. The van der Waals surface area contributed by atoms with Crippen molar-refractivity contribution in [3.8, 4) is 5.75 Å². The van der Waals surface area contributed by atoms with Gasteiger partial charge in [-0.2, -0.15) is 0 Å². The summed E-state index contributed by atoms with van der Waals surface area (Å²) in [7, 11) is 1.78. The van der Waals surface area contributed by atoms with Gasteiger partial charge in [0, 0.05) is 12.7 Å². The van der Waals surface area contributed by atoms with Crippen LogP contribution < -0.4 is 9.64 Å². The molecule has 2 aromatic carbocycles. The third-order valence-electron chi connectivity index (χ3n) is 4.12. The number of hydrogen-bond acceptors (Lipinski definition) is 3. The van der Waals surface area contributed by atoms with Gasteiger partial charge in [-0.1, -0.05) is 30.3 Å². The number of para-hydroxylation sites is 1. The first-order chi connectivity index (χ1) is 10.6. The van der Waals surface area contributed by atoms with Crippen LogP contribution in [0, 0.1) is 0 Å². The Morgan fingerprint density at radius 1 is 1.23 bits per heavy atom. The molecule has 22 heavy (non-hydrogen) atoms. The quantitative estimate of drug-likeness (QED) is 0.944. The molecular formula is C18H19NO3. The normalized spacial score (nSPS) is 18.2. The van der Waals surface area contributed by atoms with Crippen molar-refractivity contribution in [2.75, 3.05) is 18.6 Å². The summed E-state index contributed by atoms with van der Waals surface area (Å²) in [5, 5.41) is 10.3. The first-order valence-electron chi connectivity index (χ1n) is 7.35. The summed E-state index contributed by atoms with van der Waals surface area (Å²) in [6, 6.07) is 15.0. The van der Waals surface area contributed by atoms with Gasteiger partial charge in [-0.15, -0.1) is 0 Å². The van der Waals surface area contributed by atoms with Gasteiger partial charge in [-0.25, -0.2) is 0 Å². The van der Waals surface area contributed by atoms with Crippen molar-refractivity contribution < 1.29 is 14.6 Å². The van der Waals surface area contributed by atoms with E-state index in [2.05, 4.69) is 0 Å². The predicted octanol–water partition coefficient (Wildman–Crippen LogP) is 2.88. The third kappa shape index (κ3) is 2.57. The second-order valence-electron chi connectivity index (χ2n) is 5.58. The molecule has 114 valence electrons. The highest BCUT2D eigenvalue weighted by Crippen LogP contribution is 2.37. The largest absolute Gasteiger partial charge is 0.491 e. The van der Waals surface area contributed by atoms with Crippen molar-refractivity contribution >= 4 is 11.6 Å². The zero-order valence-corrected chi connectivity index (χ0v) is 12.7. The highest BCUT2D eigenvalue weighted by atomic mass is 16.5. The number of amides is 1. The van der Waals surface area contributed by atoms with Crippen LogP contribution in [0.4, 0.5) is 5.69 Å². The maximum absolute atomic E-state index is 12.0. The fourth-order valence-corrected chi connectivity index (χ4v) is 2.76. The second kappa shape index (κ2) is 5.81. The lowest BCUT2D eigenvalue weighted by Gasteiger charge is -2.15. The number of fused-ring (bicyclic) bond motifs is 1. The average molecular weight is 297 g/mol. The zero-order valence-electron chi connectivity index (χ0n) is 12.7. The lowest BCUT2D eigenvalue weighted by molar-refractivity contribution is -0.118. The molecule has 0 radical (unpaired) electrons. The summed E-state index contributed by atoms with van der Waals surface area (Å²) in [6.45, 7) is 2.07. The van der Waals surface area contributed by atoms with E-state index in [9.17, 15) is 9.90 Å². The standard InChI is InChI=1S/C18H19NO3/c1-12-15-10-13(8-9-16(15)19(2)18(12)21)17(20)11-22-14-6-4-3-5-7-14/h3-10,12,17,20H,11H2,1-2H3. The predicted molar refractivity (Wildman–Crippen MR) is 85.2 cm³/mol. The van der Waals surface area contributed by atoms with Crippen LogP contribution in [0.3, 0.4) is 0 Å². The lowest BCUT2D eigenvalue weighted by Crippen LogP contribution is -2.22. The topological polar surface area (TPSA) is 49.8 Å². The summed E-state index contributed by atoms with van der Waals surface area (Å²) in [5.74, 6) is 0.648. The Kier molecular flexibility index (Phi) is 3.86. The molecule has 0 bridgehead atoms. The molecule has 0 fully saturated rings. The van der Waals surface area contributed by atoms with Crippen molar-refractivity contribution in [1.29, 1.82) is 0 Å². The summed E-state index contributed by atoms with van der Waals surface area (Å²) >= 11 is 0. The molecule has 1 N–H and O–H groups in total. The van der Waals surface area contributed by atoms with Crippen molar-refractivity contribution in [1.82, 2.24) is 0 Å². The number of carbonyl (C=O) groups excluding carboxylic acids is 1. The van der Waals surface area contributed by atoms with Gasteiger partial charge in [0.05, 0.1) is 5.92 Å². The number of anilines is 1. The van der Waals surface area contributed by atoms with Gasteiger partial charge in [0.25, 0.3) is 0 Å². The lowest BCUT2D eigenvalue weighted by atomic mass is 9.98. The van der Waals surface area contributed by atoms with E-state index in [4.69, 9.17) is 4.74 Å². The maximum Gasteiger partial charge on any atom is 0.234 e. The fraction of sp³-hybridized carbons (Fsp3) is 0.278. The summed E-state index contributed by atoms with van der Waals surface area (Å²) in [6.07, 6.45) is -0.723. The van der Waals surface area contributed by atoms with Gasteiger partial charge in [0.15, 0.2) is 0 Å². The molecule has 4 nitrogen and oxygen atoms in total. The van der Waals surface area contributed by atoms with E-state index in [1.807, 2.05) is 55.5 Å². The van der Waals surface area contributed by atoms with Crippen LogP contribution in [-0.2, 0) is 4.79 Å². The van der Waals surface area contributed by atoms with E-state index in [0.29, 0.717) is 0 Å². The Morgan fingerprint density at radius 2 is 1.95 bits per heavy atom. The van der Waals surface area contributed by atoms with Crippen LogP contribution in [0.15, 0.2) is 48.5 Å². The van der Waals surface area contributed by atoms with E-state index < -0.39 is 6.10 Å². The van der Waals surface area contributed by atoms with Crippen LogP contribution >= 0.6 is 0 Å². The minimum Gasteiger partial charge on any atom is -0.491 e. The highest BCUT2D eigenvalue weighted by Gasteiger charge is 2.32. The molecule has 4 heteroatoms. The monoisotopic (exact) mass is 297 g/mol. The molecule has 2 aromatic rings. The van der Waals surface area contributed by atoms with Crippen LogP contribution in [0.1, 0.15) is 30.1 Å². The van der Waals surface area contributed by atoms with Crippen molar-refractivity contribution in [3.05, 3.63) is 59.7 Å². The molecule has 1 amide bonds. The molecule has 3 rings (SSSR count). The molecule has 2 unspecified atom stereocenters. The smallest absolute Gasteiger partial charge is 0.234 e. The number of rotatable bonds is 4. The number of likely N-dealkylation sites (N-methyl/N-ethyl adjacent to an activating group) is 1. The molecule has 0 aromatic heterocycles. The molecule has 0 saturated heterocycles. The van der Waals surface area contributed by atoms with E-state index in [0.717, 1.165) is 22.6 Å². The molecule has 1 aliphatic heterocycles. The van der Waals surface area contributed by atoms with Crippen molar-refractivity contribution in [2.24, 2.45) is 0 Å². The summed E-state index contributed by atoms with van der Waals surface area (Å²) in [5.41, 5.74) is 2.64. The molecule has 1 heterocycles. The number of aliphatic hydroxyl groups is 1. The number of hydrogen-bond donors (Lipinski definition) is 1. The number of aliphatic hydroxyl groups excluding tert-OH is 1. The number of benzene rings is 2. The average Bonchev–Trinajstić information content (AvgIpc) is 2.78. The van der Waals surface area contributed by atoms with Crippen molar-refractivity contribution in [3.63, 3.8) is 0 Å². The Morgan fingerprint density at radius 3 is 2.68 bits per heavy atom. The highest BCUT2D eigenvalue weighted by molar-refractivity contribution is 6.04. The van der Waals surface area contributed by atoms with Gasteiger partial charge in [-0.3, -0.25) is 4.79 Å². The second-order valence-corrected chi connectivity index (χ2v) is 5.58. The van der Waals surface area contributed by atoms with E-state index in [1.54, 1.807) is 11.9 Å². The van der Waals surface area contributed by atoms with E-state index >= 15 is 0 Å². The molecule has 2 atom stereocenters. The van der Waals surface area contributed by atoms with Gasteiger partial charge in [0.2, 0.25) is 5.91 Å². The van der Waals surface area contributed by atoms with Crippen LogP contribution in [0.25, 0.3) is 0 Å². The van der Waals surface area contributed by atoms with E-state index in [1.165, 1.54) is 0 Å². The van der Waals surface area contributed by atoms with Crippen molar-refractivity contribution in [2.45, 2.75) is 18.9 Å². The molecule has 0 spiro atoms. The molecule has 0 saturated carbocycles. The SMILES string of the molecule is CC1C(=O)N(C)c2ccc(C(O)COc3ccccc3)cc21. The molecular weight excluding hydrogens is 278 g/mol. The van der Waals surface area contributed by atoms with E-state index in [-0.39, 0.29) is 18.4 Å². The molecule has 1 aliphatic rings. The minimum atomic E-state index is -0.723. The number of carbonyl (C=O) groups is 1. The Balaban J connectivity index is 1.74.